The number of hydrogen-bond donors (Lipinski definition) is 2. The summed E-state index contributed by atoms with van der Waals surface area (Å²) in [6, 6.07) is -0.388. The van der Waals surface area contributed by atoms with E-state index in [1.165, 1.54) is 0 Å². The molecular formula is C11H19NO4. The van der Waals surface area contributed by atoms with Crippen LogP contribution in [-0.4, -0.2) is 35.7 Å². The van der Waals surface area contributed by atoms with E-state index in [2.05, 4.69) is 5.32 Å². The highest BCUT2D eigenvalue weighted by Crippen LogP contribution is 2.20. The minimum atomic E-state index is -0.909. The second kappa shape index (κ2) is 5.30. The Kier molecular flexibility index (Phi) is 4.29. The molecule has 0 bridgehead atoms. The second-order valence-electron chi connectivity index (χ2n) is 4.48. The molecule has 1 aliphatic rings. The first kappa shape index (κ1) is 13.0. The van der Waals surface area contributed by atoms with Gasteiger partial charge in [-0.15, -0.1) is 0 Å². The van der Waals surface area contributed by atoms with E-state index in [4.69, 9.17) is 9.84 Å². The van der Waals surface area contributed by atoms with Crippen LogP contribution in [0.25, 0.3) is 0 Å². The fourth-order valence-corrected chi connectivity index (χ4v) is 1.68. The lowest BCUT2D eigenvalue weighted by molar-refractivity contribution is -0.142. The van der Waals surface area contributed by atoms with Gasteiger partial charge in [-0.2, -0.15) is 0 Å². The van der Waals surface area contributed by atoms with Gasteiger partial charge < -0.3 is 15.2 Å². The lowest BCUT2D eigenvalue weighted by Crippen LogP contribution is -2.45. The Morgan fingerprint density at radius 3 is 2.50 bits per heavy atom. The summed E-state index contributed by atoms with van der Waals surface area (Å²) in [7, 11) is 0. The predicted octanol–water partition coefficient (Wildman–Crippen LogP) is 0.637. The summed E-state index contributed by atoms with van der Waals surface area (Å²) >= 11 is 0. The van der Waals surface area contributed by atoms with Gasteiger partial charge in [0.25, 0.3) is 0 Å². The zero-order chi connectivity index (χ0) is 12.3. The van der Waals surface area contributed by atoms with Crippen molar-refractivity contribution in [2.75, 3.05) is 6.61 Å². The first-order chi connectivity index (χ1) is 7.43. The number of hydrogen-bond acceptors (Lipinski definition) is 3. The van der Waals surface area contributed by atoms with Crippen molar-refractivity contribution in [2.45, 2.75) is 39.3 Å². The third-order valence-corrected chi connectivity index (χ3v) is 3.16. The molecule has 0 radical (unpaired) electrons. The Hall–Kier alpha value is -1.10. The van der Waals surface area contributed by atoms with Crippen LogP contribution in [0.15, 0.2) is 0 Å². The van der Waals surface area contributed by atoms with E-state index in [0.29, 0.717) is 6.61 Å². The molecule has 0 aromatic rings. The normalized spacial score (nSPS) is 28.4. The van der Waals surface area contributed by atoms with Crippen molar-refractivity contribution in [3.63, 3.8) is 0 Å². The van der Waals surface area contributed by atoms with Gasteiger partial charge in [0.1, 0.15) is 6.10 Å². The molecule has 1 heterocycles. The molecule has 0 aliphatic carbocycles. The van der Waals surface area contributed by atoms with E-state index < -0.39 is 18.0 Å². The fourth-order valence-electron chi connectivity index (χ4n) is 1.68. The van der Waals surface area contributed by atoms with Crippen LogP contribution in [0.2, 0.25) is 0 Å². The van der Waals surface area contributed by atoms with Crippen LogP contribution in [0.5, 0.6) is 0 Å². The molecule has 1 aliphatic heterocycles. The maximum Gasteiger partial charge on any atom is 0.308 e. The van der Waals surface area contributed by atoms with E-state index in [0.717, 1.165) is 6.42 Å². The molecule has 5 nitrogen and oxygen atoms in total. The molecule has 1 rings (SSSR count). The Morgan fingerprint density at radius 1 is 1.44 bits per heavy atom. The number of nitrogens with one attached hydrogen (secondary N) is 1. The monoisotopic (exact) mass is 229 g/mol. The predicted molar refractivity (Wildman–Crippen MR) is 57.9 cm³/mol. The van der Waals surface area contributed by atoms with Gasteiger partial charge in [-0.25, -0.2) is 0 Å². The van der Waals surface area contributed by atoms with Crippen molar-refractivity contribution in [1.29, 1.82) is 0 Å². The number of rotatable bonds is 4. The van der Waals surface area contributed by atoms with Gasteiger partial charge in [-0.05, 0) is 26.2 Å². The van der Waals surface area contributed by atoms with Gasteiger partial charge in [-0.3, -0.25) is 9.59 Å². The lowest BCUT2D eigenvalue weighted by Gasteiger charge is -2.21. The van der Waals surface area contributed by atoms with E-state index in [1.807, 2.05) is 6.92 Å². The number of carbonyl (C=O) groups is 2. The molecule has 0 aromatic heterocycles. The summed E-state index contributed by atoms with van der Waals surface area (Å²) in [4.78, 5) is 22.5. The molecule has 1 fully saturated rings. The Bertz CT molecular complexity index is 279. The molecule has 4 unspecified atom stereocenters. The lowest BCUT2D eigenvalue weighted by atomic mass is 10.0. The third kappa shape index (κ3) is 2.95. The molecule has 5 heteroatoms. The van der Waals surface area contributed by atoms with Crippen LogP contribution >= 0.6 is 0 Å². The number of ether oxygens (including phenoxy) is 1. The van der Waals surface area contributed by atoms with Crippen molar-refractivity contribution in [1.82, 2.24) is 5.32 Å². The number of amides is 1. The van der Waals surface area contributed by atoms with Gasteiger partial charge in [0, 0.05) is 12.6 Å². The van der Waals surface area contributed by atoms with Crippen LogP contribution in [0.3, 0.4) is 0 Å². The topological polar surface area (TPSA) is 75.6 Å². The zero-order valence-corrected chi connectivity index (χ0v) is 9.90. The van der Waals surface area contributed by atoms with E-state index >= 15 is 0 Å². The summed E-state index contributed by atoms with van der Waals surface area (Å²) in [5.41, 5.74) is 0. The molecule has 0 spiro atoms. The van der Waals surface area contributed by atoms with E-state index in [1.54, 1.807) is 13.8 Å². The third-order valence-electron chi connectivity index (χ3n) is 3.16. The SMILES string of the molecule is CC1CCOC1C(=O)NC(C)C(C)C(=O)O. The van der Waals surface area contributed by atoms with Crippen LogP contribution in [0.4, 0.5) is 0 Å². The summed E-state index contributed by atoms with van der Waals surface area (Å²) in [6.07, 6.45) is 0.449. The fraction of sp³-hybridized carbons (Fsp3) is 0.818. The average molecular weight is 229 g/mol. The number of aliphatic carboxylic acids is 1. The highest BCUT2D eigenvalue weighted by atomic mass is 16.5. The summed E-state index contributed by atoms with van der Waals surface area (Å²) in [6.45, 7) is 5.83. The van der Waals surface area contributed by atoms with E-state index in [9.17, 15) is 9.59 Å². The van der Waals surface area contributed by atoms with Crippen molar-refractivity contribution in [2.24, 2.45) is 11.8 Å². The molecule has 92 valence electrons. The Balaban J connectivity index is 2.47. The first-order valence-corrected chi connectivity index (χ1v) is 5.58. The average Bonchev–Trinajstić information content (AvgIpc) is 2.62. The largest absolute Gasteiger partial charge is 0.481 e. The van der Waals surface area contributed by atoms with E-state index in [-0.39, 0.29) is 17.9 Å². The van der Waals surface area contributed by atoms with Gasteiger partial charge in [0.2, 0.25) is 5.91 Å². The smallest absolute Gasteiger partial charge is 0.308 e. The first-order valence-electron chi connectivity index (χ1n) is 5.58. The van der Waals surface area contributed by atoms with Crippen molar-refractivity contribution >= 4 is 11.9 Å². The molecule has 2 N–H and O–H groups in total. The summed E-state index contributed by atoms with van der Waals surface area (Å²) in [5.74, 6) is -1.51. The number of carboxylic acids is 1. The second-order valence-corrected chi connectivity index (χ2v) is 4.48. The summed E-state index contributed by atoms with van der Waals surface area (Å²) < 4.78 is 5.31. The molecule has 0 saturated carbocycles. The minimum absolute atomic E-state index is 0.201. The van der Waals surface area contributed by atoms with Gasteiger partial charge in [-0.1, -0.05) is 6.92 Å². The quantitative estimate of drug-likeness (QED) is 0.741. The Morgan fingerprint density at radius 2 is 2.06 bits per heavy atom. The molecule has 1 saturated heterocycles. The van der Waals surface area contributed by atoms with Crippen molar-refractivity contribution in [3.8, 4) is 0 Å². The Labute approximate surface area is 95.2 Å². The van der Waals surface area contributed by atoms with Crippen molar-refractivity contribution in [3.05, 3.63) is 0 Å². The van der Waals surface area contributed by atoms with Gasteiger partial charge >= 0.3 is 5.97 Å². The van der Waals surface area contributed by atoms with Crippen LogP contribution < -0.4 is 5.32 Å². The van der Waals surface area contributed by atoms with Gasteiger partial charge in [0.05, 0.1) is 5.92 Å². The highest BCUT2D eigenvalue weighted by Gasteiger charge is 2.32. The molecule has 0 aromatic carbocycles. The summed E-state index contributed by atoms with van der Waals surface area (Å²) in [5, 5.41) is 11.5. The van der Waals surface area contributed by atoms with Crippen LogP contribution in [0.1, 0.15) is 27.2 Å². The zero-order valence-electron chi connectivity index (χ0n) is 9.90. The standard InChI is InChI=1S/C11H19NO4/c1-6-4-5-16-9(6)10(13)12-8(3)7(2)11(14)15/h6-9H,4-5H2,1-3H3,(H,12,13)(H,14,15). The highest BCUT2D eigenvalue weighted by molar-refractivity contribution is 5.82. The minimum Gasteiger partial charge on any atom is -0.481 e. The molecule has 16 heavy (non-hydrogen) atoms. The van der Waals surface area contributed by atoms with Crippen molar-refractivity contribution < 1.29 is 19.4 Å². The van der Waals surface area contributed by atoms with Crippen LogP contribution in [-0.2, 0) is 14.3 Å². The molecule has 4 atom stereocenters. The number of carboxylic acid groups (broad SMARTS) is 1. The maximum absolute atomic E-state index is 11.8. The number of carbonyl (C=O) groups excluding carboxylic acids is 1. The van der Waals surface area contributed by atoms with Gasteiger partial charge in [0.15, 0.2) is 0 Å². The maximum atomic E-state index is 11.8. The molecular weight excluding hydrogens is 210 g/mol. The molecule has 1 amide bonds. The van der Waals surface area contributed by atoms with Crippen LogP contribution in [0, 0.1) is 11.8 Å².